The third-order valence-electron chi connectivity index (χ3n) is 6.53. The van der Waals surface area contributed by atoms with Gasteiger partial charge < -0.3 is 14.2 Å². The zero-order chi connectivity index (χ0) is 26.3. The number of ketones is 1. The molecule has 0 N–H and O–H groups in total. The molecule has 188 valence electrons. The first-order valence-corrected chi connectivity index (χ1v) is 12.5. The molecule has 1 atom stereocenters. The van der Waals surface area contributed by atoms with Gasteiger partial charge in [-0.1, -0.05) is 47.7 Å². The van der Waals surface area contributed by atoms with E-state index in [-0.39, 0.29) is 11.3 Å². The van der Waals surface area contributed by atoms with Crippen LogP contribution in [0.2, 0.25) is 0 Å². The van der Waals surface area contributed by atoms with Crippen LogP contribution in [0.5, 0.6) is 17.2 Å². The van der Waals surface area contributed by atoms with Crippen molar-refractivity contribution >= 4 is 34.0 Å². The average Bonchev–Trinajstić information content (AvgIpc) is 3.20. The lowest BCUT2D eigenvalue weighted by atomic mass is 9.89. The fraction of sp³-hybridized carbons (Fsp3) is 0.207. The number of thiazole rings is 1. The molecule has 1 aliphatic rings. The number of fused-ring (bicyclic) bond motifs is 2. The molecule has 1 aromatic heterocycles. The Balaban J connectivity index is 1.81. The zero-order valence-electron chi connectivity index (χ0n) is 21.2. The van der Waals surface area contributed by atoms with Crippen LogP contribution in [-0.2, 0) is 4.79 Å². The van der Waals surface area contributed by atoms with Gasteiger partial charge in [0.1, 0.15) is 5.75 Å². The highest BCUT2D eigenvalue weighted by atomic mass is 32.1. The minimum Gasteiger partial charge on any atom is -0.496 e. The molecule has 0 fully saturated rings. The summed E-state index contributed by atoms with van der Waals surface area (Å²) < 4.78 is 18.6. The van der Waals surface area contributed by atoms with Gasteiger partial charge in [-0.2, -0.15) is 0 Å². The number of methoxy groups -OCH3 is 3. The summed E-state index contributed by atoms with van der Waals surface area (Å²) in [5.41, 5.74) is 2.37. The quantitative estimate of drug-likeness (QED) is 0.389. The predicted molar refractivity (Wildman–Crippen MR) is 144 cm³/mol. The molecule has 0 spiro atoms. The number of carbonyl (C=O) groups excluding carboxylic acids is 1. The van der Waals surface area contributed by atoms with Crippen LogP contribution in [0.3, 0.4) is 0 Å². The molecule has 5 rings (SSSR count). The van der Waals surface area contributed by atoms with Crippen LogP contribution in [0.25, 0.3) is 16.8 Å². The molecule has 0 unspecified atom stereocenters. The van der Waals surface area contributed by atoms with Crippen molar-refractivity contribution in [2.45, 2.75) is 19.9 Å². The maximum atomic E-state index is 13.9. The highest BCUT2D eigenvalue weighted by Crippen LogP contribution is 2.40. The van der Waals surface area contributed by atoms with Crippen molar-refractivity contribution < 1.29 is 19.0 Å². The van der Waals surface area contributed by atoms with Gasteiger partial charge in [0.05, 0.1) is 31.9 Å². The molecule has 0 radical (unpaired) electrons. The minimum absolute atomic E-state index is 0.143. The summed E-state index contributed by atoms with van der Waals surface area (Å²) in [6.45, 7) is 3.32. The molecule has 0 saturated heterocycles. The molecular weight excluding hydrogens is 488 g/mol. The molecule has 4 aromatic rings. The van der Waals surface area contributed by atoms with E-state index in [0.717, 1.165) is 21.9 Å². The highest BCUT2D eigenvalue weighted by Gasteiger charge is 2.33. The predicted octanol–water partition coefficient (Wildman–Crippen LogP) is 4.00. The molecule has 1 aliphatic heterocycles. The summed E-state index contributed by atoms with van der Waals surface area (Å²) in [6.07, 6.45) is 1.80. The largest absolute Gasteiger partial charge is 0.496 e. The van der Waals surface area contributed by atoms with Crippen LogP contribution in [0.4, 0.5) is 0 Å². The van der Waals surface area contributed by atoms with Gasteiger partial charge in [-0.25, -0.2) is 4.99 Å². The van der Waals surface area contributed by atoms with E-state index in [1.165, 1.54) is 18.3 Å². The second-order valence-electron chi connectivity index (χ2n) is 8.66. The van der Waals surface area contributed by atoms with Gasteiger partial charge >= 0.3 is 0 Å². The molecular formula is C29H26N2O5S. The molecule has 37 heavy (non-hydrogen) atoms. The van der Waals surface area contributed by atoms with Crippen molar-refractivity contribution in [3.05, 3.63) is 96.7 Å². The fourth-order valence-electron chi connectivity index (χ4n) is 4.87. The number of Topliss-reactive ketones (excluding diaryl/α,β-unsaturated/α-hetero) is 1. The van der Waals surface area contributed by atoms with Crippen molar-refractivity contribution in [3.63, 3.8) is 0 Å². The third-order valence-corrected chi connectivity index (χ3v) is 7.51. The van der Waals surface area contributed by atoms with Crippen LogP contribution < -0.4 is 29.1 Å². The maximum absolute atomic E-state index is 13.9. The number of allylic oxidation sites excluding steroid dienone is 2. The van der Waals surface area contributed by atoms with Gasteiger partial charge in [-0.3, -0.25) is 14.2 Å². The van der Waals surface area contributed by atoms with E-state index >= 15 is 0 Å². The summed E-state index contributed by atoms with van der Waals surface area (Å²) in [6, 6.07) is 16.5. The van der Waals surface area contributed by atoms with Gasteiger partial charge in [0.15, 0.2) is 22.1 Å². The Hall–Kier alpha value is -4.17. The van der Waals surface area contributed by atoms with Crippen LogP contribution in [0.15, 0.2) is 75.7 Å². The normalized spacial score (nSPS) is 15.4. The SMILES string of the molecule is COc1ccc(C=c2sc3n(c2=O)[C@H](c2c(OC)ccc4ccccc24)C(C(C)=O)=C(C)N=3)cc1OC. The number of benzene rings is 3. The smallest absolute Gasteiger partial charge is 0.271 e. The Bertz CT molecular complexity index is 1760. The van der Waals surface area contributed by atoms with E-state index < -0.39 is 6.04 Å². The van der Waals surface area contributed by atoms with Crippen molar-refractivity contribution in [2.75, 3.05) is 21.3 Å². The van der Waals surface area contributed by atoms with E-state index in [0.29, 0.717) is 37.9 Å². The number of hydrogen-bond acceptors (Lipinski definition) is 7. The number of carbonyl (C=O) groups is 1. The Morgan fingerprint density at radius 3 is 2.38 bits per heavy atom. The van der Waals surface area contributed by atoms with Crippen molar-refractivity contribution in [1.82, 2.24) is 4.57 Å². The second-order valence-corrected chi connectivity index (χ2v) is 9.66. The van der Waals surface area contributed by atoms with E-state index in [9.17, 15) is 9.59 Å². The molecule has 0 bridgehead atoms. The van der Waals surface area contributed by atoms with Crippen LogP contribution in [0, 0.1) is 0 Å². The highest BCUT2D eigenvalue weighted by molar-refractivity contribution is 7.07. The van der Waals surface area contributed by atoms with E-state index in [1.54, 1.807) is 38.0 Å². The lowest BCUT2D eigenvalue weighted by Gasteiger charge is -2.27. The first kappa shape index (κ1) is 24.5. The molecule has 7 nitrogen and oxygen atoms in total. The lowest BCUT2D eigenvalue weighted by molar-refractivity contribution is -0.114. The Kier molecular flexibility index (Phi) is 6.43. The van der Waals surface area contributed by atoms with Crippen LogP contribution >= 0.6 is 11.3 Å². The maximum Gasteiger partial charge on any atom is 0.271 e. The minimum atomic E-state index is -0.678. The number of rotatable bonds is 6. The van der Waals surface area contributed by atoms with Gasteiger partial charge in [-0.15, -0.1) is 0 Å². The second kappa shape index (κ2) is 9.71. The molecule has 0 saturated carbocycles. The van der Waals surface area contributed by atoms with Gasteiger partial charge in [0, 0.05) is 16.8 Å². The van der Waals surface area contributed by atoms with Crippen LogP contribution in [0.1, 0.15) is 31.0 Å². The number of hydrogen-bond donors (Lipinski definition) is 0. The third kappa shape index (κ3) is 4.13. The van der Waals surface area contributed by atoms with Gasteiger partial charge in [-0.05, 0) is 54.5 Å². The van der Waals surface area contributed by atoms with E-state index in [1.807, 2.05) is 55.5 Å². The topological polar surface area (TPSA) is 79.1 Å². The van der Waals surface area contributed by atoms with Crippen LogP contribution in [-0.4, -0.2) is 31.7 Å². The summed E-state index contributed by atoms with van der Waals surface area (Å²) >= 11 is 1.28. The molecule has 2 heterocycles. The van der Waals surface area contributed by atoms with E-state index in [4.69, 9.17) is 14.2 Å². The fourth-order valence-corrected chi connectivity index (χ4v) is 5.92. The summed E-state index contributed by atoms with van der Waals surface area (Å²) in [5, 5.41) is 1.90. The Morgan fingerprint density at radius 2 is 1.68 bits per heavy atom. The molecule has 0 aliphatic carbocycles. The molecule has 3 aromatic carbocycles. The van der Waals surface area contributed by atoms with E-state index in [2.05, 4.69) is 4.99 Å². The molecule has 8 heteroatoms. The monoisotopic (exact) mass is 514 g/mol. The van der Waals surface area contributed by atoms with Gasteiger partial charge in [0.2, 0.25) is 0 Å². The summed E-state index contributed by atoms with van der Waals surface area (Å²) in [7, 11) is 4.74. The average molecular weight is 515 g/mol. The van der Waals surface area contributed by atoms with Crippen molar-refractivity contribution in [1.29, 1.82) is 0 Å². The van der Waals surface area contributed by atoms with Crippen molar-refractivity contribution in [3.8, 4) is 17.2 Å². The number of nitrogens with zero attached hydrogens (tertiary/aromatic N) is 2. The first-order valence-electron chi connectivity index (χ1n) is 11.7. The standard InChI is InChI=1S/C29H26N2O5S/c1-16-25(17(2)32)27(26-20-9-7-6-8-19(20)11-13-22(26)35-4)31-28(33)24(37-29(31)30-16)15-18-10-12-21(34-3)23(14-18)36-5/h6-15,27H,1-5H3/t27-/m0/s1. The zero-order valence-corrected chi connectivity index (χ0v) is 22.0. The van der Waals surface area contributed by atoms with Gasteiger partial charge in [0.25, 0.3) is 5.56 Å². The summed E-state index contributed by atoms with van der Waals surface area (Å²) in [4.78, 5) is 32.1. The lowest BCUT2D eigenvalue weighted by Crippen LogP contribution is -2.39. The molecule has 0 amide bonds. The summed E-state index contributed by atoms with van der Waals surface area (Å²) in [5.74, 6) is 1.63. The van der Waals surface area contributed by atoms with Crippen molar-refractivity contribution in [2.24, 2.45) is 4.99 Å². The number of ether oxygens (including phenoxy) is 3. The Morgan fingerprint density at radius 1 is 0.973 bits per heavy atom. The first-order chi connectivity index (χ1) is 17.9. The number of aromatic nitrogens is 1. The Labute approximate surface area is 217 Å².